The Hall–Kier alpha value is -2.16. The molecule has 3 heteroatoms. The van der Waals surface area contributed by atoms with Crippen LogP contribution in [0.5, 0.6) is 0 Å². The number of anilines is 1. The fraction of sp³-hybridized carbons (Fsp3) is 0.294. The van der Waals surface area contributed by atoms with Gasteiger partial charge in [-0.3, -0.25) is 4.79 Å². The predicted octanol–water partition coefficient (Wildman–Crippen LogP) is 4.07. The molecule has 2 aromatic rings. The van der Waals surface area contributed by atoms with Crippen LogP contribution in [0.3, 0.4) is 0 Å². The van der Waals surface area contributed by atoms with Crippen LogP contribution in [0.25, 0.3) is 0 Å². The maximum absolute atomic E-state index is 12.2. The van der Waals surface area contributed by atoms with E-state index in [-0.39, 0.29) is 5.91 Å². The first-order valence-electron chi connectivity index (χ1n) is 6.82. The molecule has 1 aromatic heterocycles. The molecule has 0 aliphatic carbocycles. The molecule has 3 nitrogen and oxygen atoms in total. The molecule has 0 aliphatic heterocycles. The lowest BCUT2D eigenvalue weighted by Crippen LogP contribution is -2.14. The van der Waals surface area contributed by atoms with Crippen LogP contribution in [0, 0.1) is 13.8 Å². The van der Waals surface area contributed by atoms with Gasteiger partial charge in [-0.2, -0.15) is 0 Å². The molecule has 20 heavy (non-hydrogen) atoms. The van der Waals surface area contributed by atoms with Crippen molar-refractivity contribution in [3.63, 3.8) is 0 Å². The average molecular weight is 268 g/mol. The highest BCUT2D eigenvalue weighted by molar-refractivity contribution is 6.03. The van der Waals surface area contributed by atoms with Gasteiger partial charge in [0.15, 0.2) is 0 Å². The summed E-state index contributed by atoms with van der Waals surface area (Å²) in [7, 11) is 0. The van der Waals surface area contributed by atoms with E-state index >= 15 is 0 Å². The number of nitrogens with zero attached hydrogens (tertiary/aromatic N) is 1. The minimum atomic E-state index is -0.172. The monoisotopic (exact) mass is 268 g/mol. The second kappa shape index (κ2) is 5.87. The molecular formula is C17H20N2O. The standard InChI is InChI=1S/C17H20N2O/c1-11(2)14-5-7-15(8-6-14)19-17(20)16-10-12(3)9-13(4)18-16/h5-11H,1-4H3,(H,19,20). The van der Waals surface area contributed by atoms with Gasteiger partial charge in [-0.25, -0.2) is 4.98 Å². The summed E-state index contributed by atoms with van der Waals surface area (Å²) in [5.41, 5.74) is 4.39. The Morgan fingerprint density at radius 1 is 1.10 bits per heavy atom. The van der Waals surface area contributed by atoms with Crippen molar-refractivity contribution in [2.45, 2.75) is 33.6 Å². The SMILES string of the molecule is Cc1cc(C)nc(C(=O)Nc2ccc(C(C)C)cc2)c1. The number of carbonyl (C=O) groups is 1. The molecule has 0 bridgehead atoms. The minimum Gasteiger partial charge on any atom is -0.321 e. The van der Waals surface area contributed by atoms with Crippen molar-refractivity contribution in [1.82, 2.24) is 4.98 Å². The number of aryl methyl sites for hydroxylation is 2. The van der Waals surface area contributed by atoms with E-state index in [9.17, 15) is 4.79 Å². The third-order valence-corrected chi connectivity index (χ3v) is 3.17. The van der Waals surface area contributed by atoms with Gasteiger partial charge in [-0.15, -0.1) is 0 Å². The van der Waals surface area contributed by atoms with E-state index in [1.165, 1.54) is 5.56 Å². The number of nitrogens with one attached hydrogen (secondary N) is 1. The van der Waals surface area contributed by atoms with E-state index in [0.29, 0.717) is 11.6 Å². The molecule has 0 saturated heterocycles. The van der Waals surface area contributed by atoms with Crippen molar-refractivity contribution in [2.24, 2.45) is 0 Å². The molecular weight excluding hydrogens is 248 g/mol. The molecule has 0 spiro atoms. The molecule has 2 rings (SSSR count). The van der Waals surface area contributed by atoms with Crippen molar-refractivity contribution in [3.8, 4) is 0 Å². The average Bonchev–Trinajstić information content (AvgIpc) is 2.38. The Morgan fingerprint density at radius 2 is 1.75 bits per heavy atom. The maximum Gasteiger partial charge on any atom is 0.274 e. The number of pyridine rings is 1. The number of hydrogen-bond acceptors (Lipinski definition) is 2. The van der Waals surface area contributed by atoms with Gasteiger partial charge in [0.25, 0.3) is 5.91 Å². The number of carbonyl (C=O) groups excluding carboxylic acids is 1. The summed E-state index contributed by atoms with van der Waals surface area (Å²) in [5, 5.41) is 2.88. The summed E-state index contributed by atoms with van der Waals surface area (Å²) in [6.07, 6.45) is 0. The number of rotatable bonds is 3. The topological polar surface area (TPSA) is 42.0 Å². The summed E-state index contributed by atoms with van der Waals surface area (Å²) in [5.74, 6) is 0.315. The lowest BCUT2D eigenvalue weighted by Gasteiger charge is -2.09. The summed E-state index contributed by atoms with van der Waals surface area (Å²) in [4.78, 5) is 16.4. The maximum atomic E-state index is 12.2. The number of amides is 1. The van der Waals surface area contributed by atoms with Crippen LogP contribution in [0.1, 0.15) is 47.1 Å². The second-order valence-electron chi connectivity index (χ2n) is 5.40. The lowest BCUT2D eigenvalue weighted by molar-refractivity contribution is 0.102. The summed E-state index contributed by atoms with van der Waals surface area (Å²) < 4.78 is 0. The lowest BCUT2D eigenvalue weighted by atomic mass is 10.0. The van der Waals surface area contributed by atoms with Gasteiger partial charge in [0.2, 0.25) is 0 Å². The van der Waals surface area contributed by atoms with Gasteiger partial charge in [0.1, 0.15) is 5.69 Å². The molecule has 1 heterocycles. The fourth-order valence-electron chi connectivity index (χ4n) is 2.10. The zero-order valence-electron chi connectivity index (χ0n) is 12.4. The first kappa shape index (κ1) is 14.3. The molecule has 0 aliphatic rings. The fourth-order valence-corrected chi connectivity index (χ4v) is 2.10. The van der Waals surface area contributed by atoms with E-state index in [0.717, 1.165) is 16.9 Å². The van der Waals surface area contributed by atoms with Gasteiger partial charge in [0.05, 0.1) is 0 Å². The van der Waals surface area contributed by atoms with Crippen LogP contribution < -0.4 is 5.32 Å². The van der Waals surface area contributed by atoms with Crippen LogP contribution in [-0.2, 0) is 0 Å². The Kier molecular flexibility index (Phi) is 4.18. The highest BCUT2D eigenvalue weighted by Gasteiger charge is 2.09. The molecule has 1 N–H and O–H groups in total. The van der Waals surface area contributed by atoms with Gasteiger partial charge in [-0.1, -0.05) is 26.0 Å². The van der Waals surface area contributed by atoms with Crippen molar-refractivity contribution < 1.29 is 4.79 Å². The van der Waals surface area contributed by atoms with Crippen LogP contribution in [-0.4, -0.2) is 10.9 Å². The first-order chi connectivity index (χ1) is 9.45. The van der Waals surface area contributed by atoms with Gasteiger partial charge in [0, 0.05) is 11.4 Å². The predicted molar refractivity (Wildman–Crippen MR) is 82.2 cm³/mol. The van der Waals surface area contributed by atoms with Gasteiger partial charge in [-0.05, 0) is 55.2 Å². The third kappa shape index (κ3) is 3.44. The van der Waals surface area contributed by atoms with Crippen LogP contribution >= 0.6 is 0 Å². The van der Waals surface area contributed by atoms with Crippen LogP contribution in [0.2, 0.25) is 0 Å². The molecule has 104 valence electrons. The summed E-state index contributed by atoms with van der Waals surface area (Å²) >= 11 is 0. The number of benzene rings is 1. The van der Waals surface area contributed by atoms with E-state index in [1.807, 2.05) is 44.2 Å². The Labute approximate surface area is 120 Å². The molecule has 1 amide bonds. The largest absolute Gasteiger partial charge is 0.321 e. The molecule has 0 atom stereocenters. The summed E-state index contributed by atoms with van der Waals surface area (Å²) in [6.45, 7) is 8.14. The number of aromatic nitrogens is 1. The smallest absolute Gasteiger partial charge is 0.274 e. The minimum absolute atomic E-state index is 0.172. The van der Waals surface area contributed by atoms with Crippen LogP contribution in [0.4, 0.5) is 5.69 Å². The highest BCUT2D eigenvalue weighted by atomic mass is 16.1. The van der Waals surface area contributed by atoms with E-state index < -0.39 is 0 Å². The Morgan fingerprint density at radius 3 is 2.30 bits per heavy atom. The van der Waals surface area contributed by atoms with E-state index in [4.69, 9.17) is 0 Å². The van der Waals surface area contributed by atoms with Crippen molar-refractivity contribution in [2.75, 3.05) is 5.32 Å². The zero-order chi connectivity index (χ0) is 14.7. The molecule has 0 fully saturated rings. The Balaban J connectivity index is 2.14. The van der Waals surface area contributed by atoms with Gasteiger partial charge < -0.3 is 5.32 Å². The van der Waals surface area contributed by atoms with Gasteiger partial charge >= 0.3 is 0 Å². The molecule has 0 radical (unpaired) electrons. The first-order valence-corrected chi connectivity index (χ1v) is 6.82. The zero-order valence-corrected chi connectivity index (χ0v) is 12.4. The molecule has 0 unspecified atom stereocenters. The van der Waals surface area contributed by atoms with Crippen molar-refractivity contribution in [1.29, 1.82) is 0 Å². The number of hydrogen-bond donors (Lipinski definition) is 1. The van der Waals surface area contributed by atoms with Crippen LogP contribution in [0.15, 0.2) is 36.4 Å². The Bertz CT molecular complexity index is 595. The second-order valence-corrected chi connectivity index (χ2v) is 5.40. The van der Waals surface area contributed by atoms with Crippen molar-refractivity contribution >= 4 is 11.6 Å². The highest BCUT2D eigenvalue weighted by Crippen LogP contribution is 2.17. The van der Waals surface area contributed by atoms with E-state index in [2.05, 4.69) is 24.1 Å². The summed E-state index contributed by atoms with van der Waals surface area (Å²) in [6, 6.07) is 11.7. The third-order valence-electron chi connectivity index (χ3n) is 3.17. The molecule has 1 aromatic carbocycles. The quantitative estimate of drug-likeness (QED) is 0.911. The normalized spacial score (nSPS) is 10.7. The van der Waals surface area contributed by atoms with E-state index in [1.54, 1.807) is 6.07 Å². The van der Waals surface area contributed by atoms with Crippen molar-refractivity contribution in [3.05, 3.63) is 58.9 Å². The molecule has 0 saturated carbocycles.